The summed E-state index contributed by atoms with van der Waals surface area (Å²) in [5.74, 6) is 0.315. The van der Waals surface area contributed by atoms with Crippen LogP contribution in [-0.2, 0) is 9.53 Å². The number of carbonyl (C=O) groups is 1. The zero-order chi connectivity index (χ0) is 19.0. The van der Waals surface area contributed by atoms with Crippen LogP contribution in [0, 0.1) is 0 Å². The van der Waals surface area contributed by atoms with Crippen LogP contribution in [0.2, 0.25) is 0 Å². The minimum absolute atomic E-state index is 0. The summed E-state index contributed by atoms with van der Waals surface area (Å²) >= 11 is 0. The summed E-state index contributed by atoms with van der Waals surface area (Å²) in [5, 5.41) is 6.39. The zero-order valence-electron chi connectivity index (χ0n) is 16.8. The molecule has 0 aliphatic carbocycles. The normalized spacial score (nSPS) is 16.4. The Hall–Kier alpha value is -1.35. The second kappa shape index (κ2) is 11.5. The Balaban J connectivity index is 0.00000364. The van der Waals surface area contributed by atoms with E-state index in [-0.39, 0.29) is 36.5 Å². The first-order chi connectivity index (χ1) is 12.4. The number of esters is 1. The third-order valence-corrected chi connectivity index (χ3v) is 4.27. The first-order valence-electron chi connectivity index (χ1n) is 9.34. The molecule has 0 amide bonds. The third kappa shape index (κ3) is 8.47. The van der Waals surface area contributed by atoms with Crippen LogP contribution in [0.4, 0.5) is 0 Å². The van der Waals surface area contributed by atoms with Gasteiger partial charge in [-0.2, -0.15) is 0 Å². The van der Waals surface area contributed by atoms with E-state index in [0.717, 1.165) is 19.6 Å². The molecule has 27 heavy (non-hydrogen) atoms. The van der Waals surface area contributed by atoms with Crippen LogP contribution in [0.5, 0.6) is 0 Å². The number of nitrogens with one attached hydrogen (secondary N) is 2. The molecular weight excluding hydrogens is 455 g/mol. The first-order valence-corrected chi connectivity index (χ1v) is 9.34. The molecule has 1 aliphatic heterocycles. The van der Waals surface area contributed by atoms with Gasteiger partial charge in [0.15, 0.2) is 5.96 Å². The van der Waals surface area contributed by atoms with E-state index in [1.807, 2.05) is 26.8 Å². The van der Waals surface area contributed by atoms with Crippen LogP contribution < -0.4 is 10.6 Å². The van der Waals surface area contributed by atoms with E-state index in [9.17, 15) is 4.79 Å². The van der Waals surface area contributed by atoms with Gasteiger partial charge in [0.25, 0.3) is 0 Å². The highest BCUT2D eigenvalue weighted by Gasteiger charge is 2.23. The van der Waals surface area contributed by atoms with Crippen LogP contribution in [-0.4, -0.2) is 55.7 Å². The lowest BCUT2D eigenvalue weighted by molar-refractivity contribution is -0.153. The largest absolute Gasteiger partial charge is 0.459 e. The summed E-state index contributed by atoms with van der Waals surface area (Å²) in [6.45, 7) is 8.64. The topological polar surface area (TPSA) is 66.0 Å². The highest BCUT2D eigenvalue weighted by atomic mass is 127. The molecular formula is C20H33IN4O2. The summed E-state index contributed by atoms with van der Waals surface area (Å²) in [6, 6.07) is 10.8. The maximum atomic E-state index is 11.9. The number of nitrogens with zero attached hydrogens (tertiary/aromatic N) is 2. The van der Waals surface area contributed by atoms with Crippen molar-refractivity contribution in [2.45, 2.75) is 45.3 Å². The number of hydrogen-bond donors (Lipinski definition) is 2. The third-order valence-electron chi connectivity index (χ3n) is 4.27. The molecule has 1 aliphatic rings. The summed E-state index contributed by atoms with van der Waals surface area (Å²) < 4.78 is 5.32. The molecule has 152 valence electrons. The number of aliphatic imine (C=N–C) groups is 1. The molecule has 7 heteroatoms. The number of likely N-dealkylation sites (tertiary alicyclic amines) is 1. The number of guanidine groups is 1. The van der Waals surface area contributed by atoms with Crippen LogP contribution in [0.3, 0.4) is 0 Å². The van der Waals surface area contributed by atoms with Gasteiger partial charge in [-0.1, -0.05) is 30.3 Å². The predicted octanol–water partition coefficient (Wildman–Crippen LogP) is 2.95. The molecule has 6 nitrogen and oxygen atoms in total. The van der Waals surface area contributed by atoms with Crippen LogP contribution in [0.25, 0.3) is 0 Å². The summed E-state index contributed by atoms with van der Waals surface area (Å²) in [5.41, 5.74) is 0.814. The Morgan fingerprint density at radius 2 is 1.81 bits per heavy atom. The predicted molar refractivity (Wildman–Crippen MR) is 121 cm³/mol. The van der Waals surface area contributed by atoms with E-state index in [0.29, 0.717) is 12.0 Å². The zero-order valence-corrected chi connectivity index (χ0v) is 19.2. The Labute approximate surface area is 180 Å². The maximum absolute atomic E-state index is 11.9. The Morgan fingerprint density at radius 1 is 1.19 bits per heavy atom. The monoisotopic (exact) mass is 488 g/mol. The van der Waals surface area contributed by atoms with Gasteiger partial charge in [0.2, 0.25) is 0 Å². The van der Waals surface area contributed by atoms with Gasteiger partial charge in [-0.15, -0.1) is 24.0 Å². The quantitative estimate of drug-likeness (QED) is 0.279. The number of benzene rings is 1. The standard InChI is InChI=1S/C20H32N4O2.HI/c1-20(2,3)26-18(25)15-23-19(21-4)22-14-17(24-12-8-9-13-24)16-10-6-5-7-11-16;/h5-7,10-11,17H,8-9,12-15H2,1-4H3,(H2,21,22,23);1H. The lowest BCUT2D eigenvalue weighted by Crippen LogP contribution is -2.45. The van der Waals surface area contributed by atoms with Gasteiger partial charge in [-0.3, -0.25) is 14.7 Å². The second-order valence-corrected chi connectivity index (χ2v) is 7.56. The van der Waals surface area contributed by atoms with Crippen molar-refractivity contribution in [1.29, 1.82) is 0 Å². The van der Waals surface area contributed by atoms with Gasteiger partial charge >= 0.3 is 5.97 Å². The highest BCUT2D eigenvalue weighted by Crippen LogP contribution is 2.24. The van der Waals surface area contributed by atoms with E-state index >= 15 is 0 Å². The fourth-order valence-corrected chi connectivity index (χ4v) is 3.13. The molecule has 1 unspecified atom stereocenters. The molecule has 1 heterocycles. The van der Waals surface area contributed by atoms with Crippen molar-refractivity contribution in [3.8, 4) is 0 Å². The summed E-state index contributed by atoms with van der Waals surface area (Å²) in [6.07, 6.45) is 2.49. The van der Waals surface area contributed by atoms with Gasteiger partial charge < -0.3 is 15.4 Å². The highest BCUT2D eigenvalue weighted by molar-refractivity contribution is 14.0. The minimum Gasteiger partial charge on any atom is -0.459 e. The van der Waals surface area contributed by atoms with Crippen LogP contribution in [0.15, 0.2) is 35.3 Å². The van der Waals surface area contributed by atoms with Crippen molar-refractivity contribution in [3.63, 3.8) is 0 Å². The molecule has 0 bridgehead atoms. The molecule has 1 aromatic rings. The van der Waals surface area contributed by atoms with E-state index in [2.05, 4.69) is 44.8 Å². The van der Waals surface area contributed by atoms with E-state index < -0.39 is 5.60 Å². The lowest BCUT2D eigenvalue weighted by Gasteiger charge is -2.29. The molecule has 1 fully saturated rings. The fourth-order valence-electron chi connectivity index (χ4n) is 3.13. The molecule has 0 spiro atoms. The van der Waals surface area contributed by atoms with Crippen molar-refractivity contribution in [2.24, 2.45) is 4.99 Å². The molecule has 2 N–H and O–H groups in total. The number of halogens is 1. The average molecular weight is 488 g/mol. The fraction of sp³-hybridized carbons (Fsp3) is 0.600. The van der Waals surface area contributed by atoms with Gasteiger partial charge in [0, 0.05) is 13.6 Å². The number of hydrogen-bond acceptors (Lipinski definition) is 4. The van der Waals surface area contributed by atoms with Crippen LogP contribution >= 0.6 is 24.0 Å². The van der Waals surface area contributed by atoms with Crippen molar-refractivity contribution in [2.75, 3.05) is 33.2 Å². The summed E-state index contributed by atoms with van der Waals surface area (Å²) in [4.78, 5) is 18.6. The minimum atomic E-state index is -0.482. The molecule has 1 saturated heterocycles. The van der Waals surface area contributed by atoms with Crippen molar-refractivity contribution < 1.29 is 9.53 Å². The molecule has 0 radical (unpaired) electrons. The lowest BCUT2D eigenvalue weighted by atomic mass is 10.1. The van der Waals surface area contributed by atoms with Crippen molar-refractivity contribution in [3.05, 3.63) is 35.9 Å². The number of carbonyl (C=O) groups excluding carboxylic acids is 1. The number of rotatable bonds is 6. The smallest absolute Gasteiger partial charge is 0.325 e. The maximum Gasteiger partial charge on any atom is 0.325 e. The van der Waals surface area contributed by atoms with E-state index in [1.165, 1.54) is 18.4 Å². The molecule has 1 atom stereocenters. The SMILES string of the molecule is CN=C(NCC(=O)OC(C)(C)C)NCC(c1ccccc1)N1CCCC1.I. The van der Waals surface area contributed by atoms with Crippen LogP contribution in [0.1, 0.15) is 45.2 Å². The van der Waals surface area contributed by atoms with Gasteiger partial charge in [-0.05, 0) is 52.3 Å². The molecule has 0 saturated carbocycles. The van der Waals surface area contributed by atoms with Gasteiger partial charge in [-0.25, -0.2) is 0 Å². The van der Waals surface area contributed by atoms with Gasteiger partial charge in [0.05, 0.1) is 6.04 Å². The molecule has 1 aromatic carbocycles. The summed E-state index contributed by atoms with van der Waals surface area (Å²) in [7, 11) is 1.71. The van der Waals surface area contributed by atoms with E-state index in [4.69, 9.17) is 4.74 Å². The second-order valence-electron chi connectivity index (χ2n) is 7.56. The Bertz CT molecular complexity index is 596. The average Bonchev–Trinajstić information content (AvgIpc) is 3.11. The first kappa shape index (κ1) is 23.7. The Kier molecular flexibility index (Phi) is 10.1. The number of ether oxygens (including phenoxy) is 1. The van der Waals surface area contributed by atoms with Gasteiger partial charge in [0.1, 0.15) is 12.1 Å². The molecule has 0 aromatic heterocycles. The van der Waals surface area contributed by atoms with Crippen molar-refractivity contribution >= 4 is 35.9 Å². The van der Waals surface area contributed by atoms with E-state index in [1.54, 1.807) is 7.05 Å². The Morgan fingerprint density at radius 3 is 2.37 bits per heavy atom. The van der Waals surface area contributed by atoms with Crippen molar-refractivity contribution in [1.82, 2.24) is 15.5 Å². The molecule has 2 rings (SSSR count).